The minimum atomic E-state index is 0.0460. The van der Waals surface area contributed by atoms with E-state index in [0.29, 0.717) is 13.2 Å². The van der Waals surface area contributed by atoms with Crippen LogP contribution in [0.5, 0.6) is 5.75 Å². The van der Waals surface area contributed by atoms with Gasteiger partial charge in [0.25, 0.3) is 0 Å². The summed E-state index contributed by atoms with van der Waals surface area (Å²) in [7, 11) is 1.72. The molecule has 2 N–H and O–H groups in total. The van der Waals surface area contributed by atoms with E-state index in [9.17, 15) is 0 Å². The highest BCUT2D eigenvalue weighted by molar-refractivity contribution is 5.36. The van der Waals surface area contributed by atoms with Crippen molar-refractivity contribution in [3.05, 3.63) is 29.8 Å². The van der Waals surface area contributed by atoms with Crippen LogP contribution < -0.4 is 10.5 Å². The van der Waals surface area contributed by atoms with Gasteiger partial charge in [-0.15, -0.1) is 0 Å². The first-order valence-electron chi connectivity index (χ1n) is 5.69. The molecule has 0 radical (unpaired) electrons. The van der Waals surface area contributed by atoms with E-state index in [-0.39, 0.29) is 5.41 Å². The van der Waals surface area contributed by atoms with Crippen LogP contribution >= 0.6 is 0 Å². The molecule has 1 heterocycles. The van der Waals surface area contributed by atoms with Crippen LogP contribution in [0.1, 0.15) is 12.0 Å². The van der Waals surface area contributed by atoms with E-state index >= 15 is 0 Å². The maximum atomic E-state index is 5.90. The van der Waals surface area contributed by atoms with E-state index in [1.807, 2.05) is 18.2 Å². The first-order chi connectivity index (χ1) is 7.79. The zero-order chi connectivity index (χ0) is 11.4. The third-order valence-electron chi connectivity index (χ3n) is 3.34. The van der Waals surface area contributed by atoms with Crippen LogP contribution in [0.2, 0.25) is 0 Å². The Balaban J connectivity index is 2.15. The van der Waals surface area contributed by atoms with Crippen molar-refractivity contribution >= 4 is 0 Å². The maximum absolute atomic E-state index is 5.90. The molecule has 0 bridgehead atoms. The van der Waals surface area contributed by atoms with E-state index in [4.69, 9.17) is 15.2 Å². The van der Waals surface area contributed by atoms with Gasteiger partial charge >= 0.3 is 0 Å². The Bertz CT molecular complexity index is 354. The minimum Gasteiger partial charge on any atom is -0.493 e. The number of nitrogens with two attached hydrogens (primary N) is 1. The molecule has 0 amide bonds. The lowest BCUT2D eigenvalue weighted by molar-refractivity contribution is 0.0780. The van der Waals surface area contributed by atoms with Gasteiger partial charge in [0.05, 0.1) is 6.61 Å². The van der Waals surface area contributed by atoms with Crippen LogP contribution in [0.25, 0.3) is 0 Å². The Hall–Kier alpha value is -1.06. The molecule has 88 valence electrons. The molecule has 1 aromatic rings. The number of benzene rings is 1. The molecule has 0 saturated carbocycles. The summed E-state index contributed by atoms with van der Waals surface area (Å²) in [5, 5.41) is 0. The number of para-hydroxylation sites is 1. The standard InChI is InChI=1S/C13H19NO2/c1-15-7-6-13(9-14)8-11-4-2-3-5-12(11)16-10-13/h2-5H,6-10,14H2,1H3. The predicted molar refractivity (Wildman–Crippen MR) is 63.6 cm³/mol. The molecule has 0 saturated heterocycles. The normalized spacial score (nSPS) is 23.6. The first kappa shape index (κ1) is 11.4. The molecule has 0 aromatic heterocycles. The summed E-state index contributed by atoms with van der Waals surface area (Å²) in [4.78, 5) is 0. The number of rotatable bonds is 4. The minimum absolute atomic E-state index is 0.0460. The summed E-state index contributed by atoms with van der Waals surface area (Å²) in [5.41, 5.74) is 7.21. The van der Waals surface area contributed by atoms with E-state index < -0.39 is 0 Å². The topological polar surface area (TPSA) is 44.5 Å². The second-order valence-electron chi connectivity index (χ2n) is 4.52. The van der Waals surface area contributed by atoms with Crippen LogP contribution in [-0.2, 0) is 11.2 Å². The van der Waals surface area contributed by atoms with Gasteiger partial charge in [-0.05, 0) is 24.5 Å². The SMILES string of the molecule is COCCC1(CN)COc2ccccc2C1. The molecular formula is C13H19NO2. The second-order valence-corrected chi connectivity index (χ2v) is 4.52. The highest BCUT2D eigenvalue weighted by Gasteiger charge is 2.34. The summed E-state index contributed by atoms with van der Waals surface area (Å²) in [6.45, 7) is 2.08. The van der Waals surface area contributed by atoms with E-state index in [0.717, 1.165) is 25.2 Å². The molecule has 1 unspecified atom stereocenters. The lowest BCUT2D eigenvalue weighted by Gasteiger charge is -2.37. The zero-order valence-electron chi connectivity index (χ0n) is 9.74. The van der Waals surface area contributed by atoms with Crippen molar-refractivity contribution in [3.8, 4) is 5.75 Å². The fraction of sp³-hybridized carbons (Fsp3) is 0.538. The summed E-state index contributed by atoms with van der Waals surface area (Å²) in [5.74, 6) is 1.00. The molecule has 3 nitrogen and oxygen atoms in total. The van der Waals surface area contributed by atoms with Gasteiger partial charge in [0.2, 0.25) is 0 Å². The summed E-state index contributed by atoms with van der Waals surface area (Å²) in [6, 6.07) is 8.19. The Morgan fingerprint density at radius 2 is 2.25 bits per heavy atom. The van der Waals surface area contributed by atoms with Gasteiger partial charge in [0.15, 0.2) is 0 Å². The van der Waals surface area contributed by atoms with Gasteiger partial charge in [-0.25, -0.2) is 0 Å². The second kappa shape index (κ2) is 4.85. The molecule has 0 aliphatic carbocycles. The fourth-order valence-corrected chi connectivity index (χ4v) is 2.19. The molecular weight excluding hydrogens is 202 g/mol. The lowest BCUT2D eigenvalue weighted by Crippen LogP contribution is -2.42. The summed E-state index contributed by atoms with van der Waals surface area (Å²) in [6.07, 6.45) is 1.94. The number of ether oxygens (including phenoxy) is 2. The van der Waals surface area contributed by atoms with Crippen molar-refractivity contribution < 1.29 is 9.47 Å². The first-order valence-corrected chi connectivity index (χ1v) is 5.69. The van der Waals surface area contributed by atoms with Crippen LogP contribution in [0.4, 0.5) is 0 Å². The molecule has 1 aromatic carbocycles. The highest BCUT2D eigenvalue weighted by atomic mass is 16.5. The Kier molecular flexibility index (Phi) is 3.46. The third-order valence-corrected chi connectivity index (χ3v) is 3.34. The van der Waals surface area contributed by atoms with Crippen molar-refractivity contribution in [2.75, 3.05) is 26.9 Å². The smallest absolute Gasteiger partial charge is 0.122 e. The van der Waals surface area contributed by atoms with Crippen LogP contribution in [-0.4, -0.2) is 26.9 Å². The predicted octanol–water partition coefficient (Wildman–Crippen LogP) is 1.60. The zero-order valence-corrected chi connectivity index (χ0v) is 9.74. The average molecular weight is 221 g/mol. The van der Waals surface area contributed by atoms with Crippen LogP contribution in [0, 0.1) is 5.41 Å². The summed E-state index contributed by atoms with van der Waals surface area (Å²) < 4.78 is 10.9. The largest absolute Gasteiger partial charge is 0.493 e. The molecule has 1 aliphatic rings. The lowest BCUT2D eigenvalue weighted by atomic mass is 9.78. The molecule has 16 heavy (non-hydrogen) atoms. The Labute approximate surface area is 96.5 Å². The fourth-order valence-electron chi connectivity index (χ4n) is 2.19. The van der Waals surface area contributed by atoms with E-state index in [1.54, 1.807) is 7.11 Å². The van der Waals surface area contributed by atoms with Gasteiger partial charge in [-0.3, -0.25) is 0 Å². The monoisotopic (exact) mass is 221 g/mol. The maximum Gasteiger partial charge on any atom is 0.122 e. The quantitative estimate of drug-likeness (QED) is 0.840. The van der Waals surface area contributed by atoms with Crippen LogP contribution in [0.15, 0.2) is 24.3 Å². The molecule has 0 fully saturated rings. The van der Waals surface area contributed by atoms with Gasteiger partial charge in [0.1, 0.15) is 5.75 Å². The van der Waals surface area contributed by atoms with Crippen LogP contribution in [0.3, 0.4) is 0 Å². The van der Waals surface area contributed by atoms with Gasteiger partial charge in [-0.2, -0.15) is 0 Å². The highest BCUT2D eigenvalue weighted by Crippen LogP contribution is 2.36. The van der Waals surface area contributed by atoms with Gasteiger partial charge < -0.3 is 15.2 Å². The Morgan fingerprint density at radius 1 is 1.44 bits per heavy atom. The van der Waals surface area contributed by atoms with Crippen molar-refractivity contribution in [1.82, 2.24) is 0 Å². The van der Waals surface area contributed by atoms with Crippen molar-refractivity contribution in [2.24, 2.45) is 11.1 Å². The number of fused-ring (bicyclic) bond motifs is 1. The van der Waals surface area contributed by atoms with E-state index in [1.165, 1.54) is 5.56 Å². The summed E-state index contributed by atoms with van der Waals surface area (Å²) >= 11 is 0. The number of hydrogen-bond donors (Lipinski definition) is 1. The number of hydrogen-bond acceptors (Lipinski definition) is 3. The third kappa shape index (κ3) is 2.20. The molecule has 1 atom stereocenters. The van der Waals surface area contributed by atoms with Gasteiger partial charge in [0, 0.05) is 25.7 Å². The van der Waals surface area contributed by atoms with Gasteiger partial charge in [-0.1, -0.05) is 18.2 Å². The molecule has 2 rings (SSSR count). The average Bonchev–Trinajstić information content (AvgIpc) is 2.36. The number of methoxy groups -OCH3 is 1. The molecule has 0 spiro atoms. The van der Waals surface area contributed by atoms with E-state index in [2.05, 4.69) is 6.07 Å². The molecule has 3 heteroatoms. The van der Waals surface area contributed by atoms with Crippen molar-refractivity contribution in [1.29, 1.82) is 0 Å². The Morgan fingerprint density at radius 3 is 3.00 bits per heavy atom. The molecule has 1 aliphatic heterocycles. The van der Waals surface area contributed by atoms with Crippen molar-refractivity contribution in [3.63, 3.8) is 0 Å². The van der Waals surface area contributed by atoms with Crippen molar-refractivity contribution in [2.45, 2.75) is 12.8 Å².